The summed E-state index contributed by atoms with van der Waals surface area (Å²) < 4.78 is 0. The zero-order valence-electron chi connectivity index (χ0n) is 12.6. The van der Waals surface area contributed by atoms with E-state index in [-0.39, 0.29) is 11.2 Å². The Morgan fingerprint density at radius 2 is 1.74 bits per heavy atom. The quantitative estimate of drug-likeness (QED) is 0.624. The summed E-state index contributed by atoms with van der Waals surface area (Å²) in [6.45, 7) is 9.78. The lowest BCUT2D eigenvalue weighted by atomic mass is 10.2. The summed E-state index contributed by atoms with van der Waals surface area (Å²) in [6, 6.07) is 0. The second-order valence-corrected chi connectivity index (χ2v) is 6.33. The van der Waals surface area contributed by atoms with Crippen molar-refractivity contribution in [3.63, 3.8) is 0 Å². The lowest BCUT2D eigenvalue weighted by Crippen LogP contribution is -2.32. The summed E-state index contributed by atoms with van der Waals surface area (Å²) >= 11 is 4.39. The highest BCUT2D eigenvalue weighted by atomic mass is 32.1. The summed E-state index contributed by atoms with van der Waals surface area (Å²) in [5.74, 6) is 0.286. The summed E-state index contributed by atoms with van der Waals surface area (Å²) in [5.41, 5.74) is 0. The van der Waals surface area contributed by atoms with Gasteiger partial charge in [-0.1, -0.05) is 26.7 Å². The maximum Gasteiger partial charge on any atom is 0.223 e. The lowest BCUT2D eigenvalue weighted by Gasteiger charge is -2.23. The molecule has 3 nitrogen and oxygen atoms in total. The Labute approximate surface area is 124 Å². The van der Waals surface area contributed by atoms with Gasteiger partial charge < -0.3 is 9.80 Å². The van der Waals surface area contributed by atoms with E-state index in [9.17, 15) is 4.79 Å². The van der Waals surface area contributed by atoms with Crippen LogP contribution >= 0.6 is 12.6 Å². The van der Waals surface area contributed by atoms with Gasteiger partial charge in [0.05, 0.1) is 0 Å². The predicted molar refractivity (Wildman–Crippen MR) is 84.8 cm³/mol. The molecular formula is C15H30N2OS. The molecule has 0 aromatic carbocycles. The molecule has 0 aromatic rings. The van der Waals surface area contributed by atoms with Crippen LogP contribution in [0.4, 0.5) is 0 Å². The molecule has 1 aliphatic rings. The fourth-order valence-corrected chi connectivity index (χ4v) is 2.90. The minimum absolute atomic E-state index is 0.254. The van der Waals surface area contributed by atoms with Gasteiger partial charge in [-0.25, -0.2) is 0 Å². The average Bonchev–Trinajstić information content (AvgIpc) is 2.70. The number of carbonyl (C=O) groups is 1. The Balaban J connectivity index is 2.21. The van der Waals surface area contributed by atoms with Crippen LogP contribution in [0.2, 0.25) is 0 Å². The predicted octanol–water partition coefficient (Wildman–Crippen LogP) is 2.81. The van der Waals surface area contributed by atoms with Crippen molar-refractivity contribution in [1.82, 2.24) is 9.80 Å². The van der Waals surface area contributed by atoms with Crippen molar-refractivity contribution in [2.75, 3.05) is 32.7 Å². The molecule has 1 rings (SSSR count). The number of thiol groups is 1. The molecule has 4 heteroatoms. The number of likely N-dealkylation sites (tertiary alicyclic amines) is 1. The molecule has 1 unspecified atom stereocenters. The third kappa shape index (κ3) is 6.66. The first kappa shape index (κ1) is 16.8. The number of hydrogen-bond donors (Lipinski definition) is 1. The lowest BCUT2D eigenvalue weighted by molar-refractivity contribution is -0.127. The maximum absolute atomic E-state index is 11.7. The highest BCUT2D eigenvalue weighted by molar-refractivity contribution is 7.81. The monoisotopic (exact) mass is 286 g/mol. The Hall–Kier alpha value is -0.220. The summed E-state index contributed by atoms with van der Waals surface area (Å²) in [6.07, 6.45) is 6.80. The first-order chi connectivity index (χ1) is 9.17. The first-order valence-electron chi connectivity index (χ1n) is 7.85. The Bertz CT molecular complexity index is 253. The second-order valence-electron chi connectivity index (χ2n) is 5.60. The van der Waals surface area contributed by atoms with Crippen LogP contribution in [0.1, 0.15) is 52.4 Å². The molecule has 1 fully saturated rings. The Kier molecular flexibility index (Phi) is 8.55. The molecule has 0 aliphatic carbocycles. The van der Waals surface area contributed by atoms with Crippen molar-refractivity contribution in [2.24, 2.45) is 0 Å². The van der Waals surface area contributed by atoms with E-state index in [0.717, 1.165) is 26.1 Å². The van der Waals surface area contributed by atoms with Gasteiger partial charge in [-0.3, -0.25) is 4.79 Å². The third-order valence-corrected chi connectivity index (χ3v) is 4.10. The van der Waals surface area contributed by atoms with Crippen molar-refractivity contribution in [3.05, 3.63) is 0 Å². The number of amides is 1. The number of unbranched alkanes of at least 4 members (excludes halogenated alkanes) is 2. The van der Waals surface area contributed by atoms with Gasteiger partial charge >= 0.3 is 0 Å². The maximum atomic E-state index is 11.7. The smallest absolute Gasteiger partial charge is 0.223 e. The van der Waals surface area contributed by atoms with Crippen molar-refractivity contribution >= 4 is 18.5 Å². The number of carbonyl (C=O) groups excluding carboxylic acids is 1. The Morgan fingerprint density at radius 3 is 2.21 bits per heavy atom. The summed E-state index contributed by atoms with van der Waals surface area (Å²) in [4.78, 5) is 16.2. The SMILES string of the molecule is CCCCN(CCCC)CCCN1CC(S)CC1=O. The summed E-state index contributed by atoms with van der Waals surface area (Å²) in [5, 5.41) is 0.254. The van der Waals surface area contributed by atoms with Crippen LogP contribution < -0.4 is 0 Å². The van der Waals surface area contributed by atoms with E-state index in [4.69, 9.17) is 0 Å². The Morgan fingerprint density at radius 1 is 1.16 bits per heavy atom. The largest absolute Gasteiger partial charge is 0.342 e. The molecule has 1 aliphatic heterocycles. The van der Waals surface area contributed by atoms with Crippen LogP contribution in [0.5, 0.6) is 0 Å². The topological polar surface area (TPSA) is 23.6 Å². The van der Waals surface area contributed by atoms with E-state index >= 15 is 0 Å². The number of hydrogen-bond acceptors (Lipinski definition) is 3. The van der Waals surface area contributed by atoms with Gasteiger partial charge in [0.2, 0.25) is 5.91 Å². The van der Waals surface area contributed by atoms with Gasteiger partial charge in [0, 0.05) is 24.8 Å². The first-order valence-corrected chi connectivity index (χ1v) is 8.37. The normalized spacial score (nSPS) is 19.7. The average molecular weight is 286 g/mol. The standard InChI is InChI=1S/C15H30N2OS/c1-3-5-8-16(9-6-4-2)10-7-11-17-13-14(19)12-15(17)18/h14,19H,3-13H2,1-2H3. The van der Waals surface area contributed by atoms with Gasteiger partial charge in [-0.05, 0) is 38.9 Å². The van der Waals surface area contributed by atoms with Crippen molar-refractivity contribution in [2.45, 2.75) is 57.6 Å². The molecular weight excluding hydrogens is 256 g/mol. The zero-order valence-corrected chi connectivity index (χ0v) is 13.5. The molecule has 1 amide bonds. The van der Waals surface area contributed by atoms with E-state index < -0.39 is 0 Å². The highest BCUT2D eigenvalue weighted by Gasteiger charge is 2.26. The fourth-order valence-electron chi connectivity index (χ4n) is 2.55. The van der Waals surface area contributed by atoms with Crippen LogP contribution in [-0.2, 0) is 4.79 Å². The fraction of sp³-hybridized carbons (Fsp3) is 0.933. The summed E-state index contributed by atoms with van der Waals surface area (Å²) in [7, 11) is 0. The number of rotatable bonds is 10. The molecule has 1 saturated heterocycles. The van der Waals surface area contributed by atoms with Gasteiger partial charge in [0.15, 0.2) is 0 Å². The van der Waals surface area contributed by atoms with E-state index in [1.54, 1.807) is 0 Å². The van der Waals surface area contributed by atoms with Gasteiger partial charge in [-0.2, -0.15) is 12.6 Å². The van der Waals surface area contributed by atoms with Crippen LogP contribution in [0.25, 0.3) is 0 Å². The van der Waals surface area contributed by atoms with Gasteiger partial charge in [0.25, 0.3) is 0 Å². The van der Waals surface area contributed by atoms with Crippen molar-refractivity contribution in [1.29, 1.82) is 0 Å². The molecule has 0 bridgehead atoms. The molecule has 1 atom stereocenters. The van der Waals surface area contributed by atoms with Gasteiger partial charge in [0.1, 0.15) is 0 Å². The van der Waals surface area contributed by atoms with Crippen molar-refractivity contribution < 1.29 is 4.79 Å². The zero-order chi connectivity index (χ0) is 14.1. The minimum atomic E-state index is 0.254. The second kappa shape index (κ2) is 9.65. The van der Waals surface area contributed by atoms with E-state index in [1.807, 2.05) is 4.90 Å². The molecule has 19 heavy (non-hydrogen) atoms. The molecule has 0 radical (unpaired) electrons. The van der Waals surface area contributed by atoms with Crippen LogP contribution in [0.15, 0.2) is 0 Å². The molecule has 0 N–H and O–H groups in total. The molecule has 112 valence electrons. The third-order valence-electron chi connectivity index (χ3n) is 3.75. The van der Waals surface area contributed by atoms with Crippen molar-refractivity contribution in [3.8, 4) is 0 Å². The van der Waals surface area contributed by atoms with Crippen LogP contribution in [-0.4, -0.2) is 53.7 Å². The molecule has 0 aromatic heterocycles. The molecule has 0 spiro atoms. The van der Waals surface area contributed by atoms with Gasteiger partial charge in [-0.15, -0.1) is 0 Å². The van der Waals surface area contributed by atoms with E-state index in [0.29, 0.717) is 6.42 Å². The number of nitrogens with zero attached hydrogens (tertiary/aromatic N) is 2. The van der Waals surface area contributed by atoms with Crippen LogP contribution in [0.3, 0.4) is 0 Å². The molecule has 1 heterocycles. The minimum Gasteiger partial charge on any atom is -0.342 e. The molecule has 0 saturated carbocycles. The van der Waals surface area contributed by atoms with E-state index in [1.165, 1.54) is 38.8 Å². The van der Waals surface area contributed by atoms with Crippen LogP contribution in [0, 0.1) is 0 Å². The van der Waals surface area contributed by atoms with E-state index in [2.05, 4.69) is 31.4 Å². The highest BCUT2D eigenvalue weighted by Crippen LogP contribution is 2.16.